The minimum Gasteiger partial charge on any atom is -0.683 e. The van der Waals surface area contributed by atoms with Crippen LogP contribution in [0, 0.1) is 48.4 Å². The van der Waals surface area contributed by atoms with Crippen molar-refractivity contribution in [3.05, 3.63) is 17.6 Å². The van der Waals surface area contributed by atoms with E-state index in [0.717, 1.165) is 12.5 Å². The molecule has 0 atom stereocenters. The monoisotopic (exact) mass is 396 g/mol. The van der Waals surface area contributed by atoms with Gasteiger partial charge >= 0.3 is 35.6 Å². The Morgan fingerprint density at radius 3 is 1.95 bits per heavy atom. The van der Waals surface area contributed by atoms with Gasteiger partial charge in [-0.25, -0.2) is 0 Å². The first kappa shape index (κ1) is 25.1. The third-order valence-corrected chi connectivity index (χ3v) is 2.97. The summed E-state index contributed by atoms with van der Waals surface area (Å²) in [6, 6.07) is 0. The first-order valence-corrected chi connectivity index (χ1v) is 7.16. The second kappa shape index (κ2) is 24.1. The van der Waals surface area contributed by atoms with Gasteiger partial charge in [0.25, 0.3) is 0 Å². The first-order valence-electron chi connectivity index (χ1n) is 7.16. The van der Waals surface area contributed by atoms with Crippen molar-refractivity contribution < 1.29 is 40.3 Å². The molecular weight excluding hydrogens is 363 g/mol. The van der Waals surface area contributed by atoms with Crippen LogP contribution in [-0.4, -0.2) is 34.5 Å². The van der Waals surface area contributed by atoms with Crippen molar-refractivity contribution in [2.75, 3.05) is 34.5 Å². The van der Waals surface area contributed by atoms with E-state index in [9.17, 15) is 0 Å². The minimum absolute atomic E-state index is 0. The molecule has 1 saturated carbocycles. The molecule has 0 aromatic heterocycles. The molecule has 1 fully saturated rings. The van der Waals surface area contributed by atoms with Crippen LogP contribution in [0.2, 0.25) is 0 Å². The minimum atomic E-state index is 0. The zero-order valence-electron chi connectivity index (χ0n) is 13.5. The van der Waals surface area contributed by atoms with Crippen molar-refractivity contribution >= 4 is 0 Å². The van der Waals surface area contributed by atoms with E-state index in [-0.39, 0.29) is 35.6 Å². The Bertz CT molecular complexity index is 129. The van der Waals surface area contributed by atoms with Gasteiger partial charge in [0.2, 0.25) is 0 Å². The van der Waals surface area contributed by atoms with Crippen molar-refractivity contribution in [3.8, 4) is 0 Å². The second-order valence-electron chi connectivity index (χ2n) is 4.41. The molecule has 3 nitrogen and oxygen atoms in total. The Kier molecular flexibility index (Phi) is 31.8. The van der Waals surface area contributed by atoms with Crippen molar-refractivity contribution in [3.63, 3.8) is 0 Å². The summed E-state index contributed by atoms with van der Waals surface area (Å²) in [6.07, 6.45) is 10.0. The predicted molar refractivity (Wildman–Crippen MR) is 82.1 cm³/mol. The summed E-state index contributed by atoms with van der Waals surface area (Å²) in [6.45, 7) is 6.59. The Morgan fingerprint density at radius 2 is 1.58 bits per heavy atom. The van der Waals surface area contributed by atoms with Crippen molar-refractivity contribution in [1.29, 1.82) is 0 Å². The smallest absolute Gasteiger partial charge is 0.683 e. The van der Waals surface area contributed by atoms with Crippen molar-refractivity contribution in [2.45, 2.75) is 51.9 Å². The average Bonchev–Trinajstić information content (AvgIpc) is 2.92. The van der Waals surface area contributed by atoms with E-state index in [0.29, 0.717) is 6.67 Å². The van der Waals surface area contributed by atoms with E-state index in [1.54, 1.807) is 28.1 Å². The van der Waals surface area contributed by atoms with Crippen LogP contribution >= 0.6 is 0 Å². The Hall–Kier alpha value is 1.07. The van der Waals surface area contributed by atoms with Gasteiger partial charge in [-0.1, -0.05) is 38.5 Å². The molecule has 0 spiro atoms. The molecule has 0 aromatic carbocycles. The van der Waals surface area contributed by atoms with Crippen LogP contribution in [0.15, 0.2) is 0 Å². The van der Waals surface area contributed by atoms with Gasteiger partial charge in [0.1, 0.15) is 0 Å². The summed E-state index contributed by atoms with van der Waals surface area (Å²) in [4.78, 5) is 0. The summed E-state index contributed by atoms with van der Waals surface area (Å²) >= 11 is 0. The Labute approximate surface area is 149 Å². The standard InChI is InChI=1S/C10H20O.C3H8N2.C2H5.La/c1-11-9-5-4-8-10-6-2-3-7-10;1-4-3-5-2;1-2;/h10H,2-9H2,1H3;3H2,1-2H3;1H2,2H3;/q;-2;-1;+3. The van der Waals surface area contributed by atoms with Crippen LogP contribution in [0.1, 0.15) is 51.9 Å². The van der Waals surface area contributed by atoms with Gasteiger partial charge in [-0.3, -0.25) is 6.67 Å². The molecule has 1 rings (SSSR count). The van der Waals surface area contributed by atoms with E-state index in [2.05, 4.69) is 17.6 Å². The van der Waals surface area contributed by atoms with Gasteiger partial charge in [-0.15, -0.1) is 0 Å². The molecule has 1 aliphatic rings. The fourth-order valence-electron chi connectivity index (χ4n) is 2.12. The second-order valence-corrected chi connectivity index (χ2v) is 4.41. The zero-order chi connectivity index (χ0) is 14.1. The first-order chi connectivity index (χ1) is 8.85. The molecule has 0 radical (unpaired) electrons. The molecular formula is C15H33LaN2O. The van der Waals surface area contributed by atoms with Gasteiger partial charge < -0.3 is 22.3 Å². The quantitative estimate of drug-likeness (QED) is 0.451. The number of nitrogens with zero attached hydrogens (tertiary/aromatic N) is 2. The summed E-state index contributed by atoms with van der Waals surface area (Å²) < 4.78 is 5.01. The maximum atomic E-state index is 5.01. The number of rotatable bonds is 7. The molecule has 0 amide bonds. The predicted octanol–water partition coefficient (Wildman–Crippen LogP) is 4.78. The summed E-state index contributed by atoms with van der Waals surface area (Å²) in [5, 5.41) is 7.38. The van der Waals surface area contributed by atoms with Crippen molar-refractivity contribution in [2.24, 2.45) is 5.92 Å². The maximum Gasteiger partial charge on any atom is 3.00 e. The molecule has 0 aliphatic heterocycles. The molecule has 0 bridgehead atoms. The van der Waals surface area contributed by atoms with Crippen LogP contribution < -0.4 is 0 Å². The molecule has 0 N–H and O–H groups in total. The van der Waals surface area contributed by atoms with Gasteiger partial charge in [0, 0.05) is 13.7 Å². The average molecular weight is 396 g/mol. The van der Waals surface area contributed by atoms with Crippen molar-refractivity contribution in [1.82, 2.24) is 0 Å². The van der Waals surface area contributed by atoms with Crippen LogP contribution in [-0.2, 0) is 4.74 Å². The Morgan fingerprint density at radius 1 is 1.05 bits per heavy atom. The van der Waals surface area contributed by atoms with Crippen LogP contribution in [0.3, 0.4) is 0 Å². The fourth-order valence-corrected chi connectivity index (χ4v) is 2.12. The molecule has 0 unspecified atom stereocenters. The SMILES string of the molecule is COCCCCC1CCCC1.C[N-]C[N-]C.[CH2-]C.[La+3]. The number of unbranched alkanes of at least 4 members (excludes halogenated alkanes) is 1. The van der Waals surface area contributed by atoms with Gasteiger partial charge in [0.15, 0.2) is 0 Å². The van der Waals surface area contributed by atoms with E-state index in [1.807, 2.05) is 0 Å². The van der Waals surface area contributed by atoms with E-state index < -0.39 is 0 Å². The maximum absolute atomic E-state index is 5.01. The molecule has 4 heteroatoms. The van der Waals surface area contributed by atoms with Gasteiger partial charge in [-0.05, 0) is 12.3 Å². The third-order valence-electron chi connectivity index (χ3n) is 2.97. The summed E-state index contributed by atoms with van der Waals surface area (Å²) in [5.41, 5.74) is 0. The topological polar surface area (TPSA) is 37.4 Å². The van der Waals surface area contributed by atoms with Crippen LogP contribution in [0.4, 0.5) is 0 Å². The number of hydrogen-bond acceptors (Lipinski definition) is 1. The normalized spacial score (nSPS) is 13.7. The Balaban J connectivity index is -0.000000275. The zero-order valence-corrected chi connectivity index (χ0v) is 17.2. The van der Waals surface area contributed by atoms with E-state index in [4.69, 9.17) is 4.74 Å². The summed E-state index contributed by atoms with van der Waals surface area (Å²) in [5.74, 6) is 1.06. The van der Waals surface area contributed by atoms with Gasteiger partial charge in [-0.2, -0.15) is 21.0 Å². The molecule has 1 aliphatic carbocycles. The molecule has 0 saturated heterocycles. The summed E-state index contributed by atoms with van der Waals surface area (Å²) in [7, 11) is 5.27. The molecule has 0 heterocycles. The van der Waals surface area contributed by atoms with E-state index >= 15 is 0 Å². The number of hydrogen-bond donors (Lipinski definition) is 0. The number of ether oxygens (including phenoxy) is 1. The fraction of sp³-hybridized carbons (Fsp3) is 0.933. The third kappa shape index (κ3) is 21.5. The molecule has 112 valence electrons. The largest absolute Gasteiger partial charge is 3.00 e. The molecule has 0 aromatic rings. The molecule has 19 heavy (non-hydrogen) atoms. The van der Waals surface area contributed by atoms with Crippen LogP contribution in [0.5, 0.6) is 0 Å². The number of methoxy groups -OCH3 is 1. The van der Waals surface area contributed by atoms with E-state index in [1.165, 1.54) is 44.9 Å². The van der Waals surface area contributed by atoms with Gasteiger partial charge in [0.05, 0.1) is 0 Å². The van der Waals surface area contributed by atoms with Crippen LogP contribution in [0.25, 0.3) is 10.6 Å².